The van der Waals surface area contributed by atoms with E-state index in [0.29, 0.717) is 10.6 Å². The molecule has 0 saturated heterocycles. The van der Waals surface area contributed by atoms with Crippen LogP contribution in [0.25, 0.3) is 10.8 Å². The molecule has 0 aliphatic heterocycles. The number of rotatable bonds is 3. The molecule has 0 spiro atoms. The SMILES string of the molecule is CC(=S)N/C=C(\C#N)C(=O)c1ccc2ccccc2c1. The van der Waals surface area contributed by atoms with Crippen molar-refractivity contribution in [2.24, 2.45) is 0 Å². The molecule has 2 aromatic rings. The van der Waals surface area contributed by atoms with Gasteiger partial charge in [0.05, 0.1) is 4.99 Å². The fraction of sp³-hybridized carbons (Fsp3) is 0.0625. The molecule has 0 radical (unpaired) electrons. The predicted molar refractivity (Wildman–Crippen MR) is 83.4 cm³/mol. The fourth-order valence-corrected chi connectivity index (χ4v) is 1.87. The first kappa shape index (κ1) is 13.9. The van der Waals surface area contributed by atoms with E-state index < -0.39 is 0 Å². The number of thiocarbonyl (C=S) groups is 1. The van der Waals surface area contributed by atoms with Gasteiger partial charge in [-0.3, -0.25) is 4.79 Å². The Morgan fingerprint density at radius 2 is 1.95 bits per heavy atom. The maximum Gasteiger partial charge on any atom is 0.205 e. The second-order valence-electron chi connectivity index (χ2n) is 4.26. The van der Waals surface area contributed by atoms with Gasteiger partial charge in [0, 0.05) is 11.8 Å². The van der Waals surface area contributed by atoms with Crippen LogP contribution in [-0.4, -0.2) is 10.8 Å². The molecule has 0 aliphatic rings. The highest BCUT2D eigenvalue weighted by atomic mass is 32.1. The van der Waals surface area contributed by atoms with Gasteiger partial charge in [-0.1, -0.05) is 48.6 Å². The molecular formula is C16H12N2OS. The zero-order valence-corrected chi connectivity index (χ0v) is 11.7. The van der Waals surface area contributed by atoms with Crippen LogP contribution in [0.1, 0.15) is 17.3 Å². The number of nitriles is 1. The summed E-state index contributed by atoms with van der Waals surface area (Å²) in [6.45, 7) is 1.68. The predicted octanol–water partition coefficient (Wildman–Crippen LogP) is 3.37. The topological polar surface area (TPSA) is 52.9 Å². The lowest BCUT2D eigenvalue weighted by atomic mass is 10.0. The van der Waals surface area contributed by atoms with Gasteiger partial charge >= 0.3 is 0 Å². The summed E-state index contributed by atoms with van der Waals surface area (Å²) in [5, 5.41) is 13.8. The number of nitrogens with zero attached hydrogens (tertiary/aromatic N) is 1. The number of ketones is 1. The first-order valence-electron chi connectivity index (χ1n) is 6.02. The molecule has 0 atom stereocenters. The summed E-state index contributed by atoms with van der Waals surface area (Å²) < 4.78 is 0. The highest BCUT2D eigenvalue weighted by Crippen LogP contribution is 2.17. The van der Waals surface area contributed by atoms with Gasteiger partial charge in [0.2, 0.25) is 5.78 Å². The molecule has 0 fully saturated rings. The number of allylic oxidation sites excluding steroid dienone is 1. The lowest BCUT2D eigenvalue weighted by molar-refractivity contribution is 0.103. The zero-order chi connectivity index (χ0) is 14.5. The Kier molecular flexibility index (Phi) is 4.24. The van der Waals surface area contributed by atoms with Crippen LogP contribution in [0.3, 0.4) is 0 Å². The first-order valence-corrected chi connectivity index (χ1v) is 6.43. The van der Waals surface area contributed by atoms with Crippen LogP contribution in [0, 0.1) is 11.3 Å². The summed E-state index contributed by atoms with van der Waals surface area (Å²) in [6, 6.07) is 15.0. The average molecular weight is 280 g/mol. The van der Waals surface area contributed by atoms with Crippen molar-refractivity contribution in [3.8, 4) is 6.07 Å². The Hall–Kier alpha value is -2.51. The molecular weight excluding hydrogens is 268 g/mol. The number of carbonyl (C=O) groups is 1. The van der Waals surface area contributed by atoms with Gasteiger partial charge in [0.15, 0.2) is 0 Å². The highest BCUT2D eigenvalue weighted by molar-refractivity contribution is 7.80. The number of nitrogens with one attached hydrogen (secondary N) is 1. The molecule has 20 heavy (non-hydrogen) atoms. The van der Waals surface area contributed by atoms with Gasteiger partial charge in [-0.05, 0) is 23.8 Å². The molecule has 3 nitrogen and oxygen atoms in total. The summed E-state index contributed by atoms with van der Waals surface area (Å²) in [4.78, 5) is 12.8. The minimum absolute atomic E-state index is 0.0319. The number of fused-ring (bicyclic) bond motifs is 1. The molecule has 0 aromatic heterocycles. The Balaban J connectivity index is 2.37. The van der Waals surface area contributed by atoms with Crippen LogP contribution in [0.15, 0.2) is 54.2 Å². The molecule has 0 amide bonds. The van der Waals surface area contributed by atoms with E-state index in [4.69, 9.17) is 17.5 Å². The van der Waals surface area contributed by atoms with Crippen LogP contribution in [0.5, 0.6) is 0 Å². The molecule has 1 N–H and O–H groups in total. The summed E-state index contributed by atoms with van der Waals surface area (Å²) in [5.74, 6) is -0.318. The van der Waals surface area contributed by atoms with E-state index in [1.807, 2.05) is 36.4 Å². The highest BCUT2D eigenvalue weighted by Gasteiger charge is 2.12. The molecule has 98 valence electrons. The Morgan fingerprint density at radius 3 is 2.60 bits per heavy atom. The molecule has 0 aliphatic carbocycles. The van der Waals surface area contributed by atoms with E-state index >= 15 is 0 Å². The van der Waals surface area contributed by atoms with Crippen molar-refractivity contribution in [1.82, 2.24) is 5.32 Å². The number of hydrogen-bond acceptors (Lipinski definition) is 3. The number of carbonyl (C=O) groups excluding carboxylic acids is 1. The molecule has 0 unspecified atom stereocenters. The van der Waals surface area contributed by atoms with Crippen molar-refractivity contribution < 1.29 is 4.79 Å². The van der Waals surface area contributed by atoms with Gasteiger partial charge < -0.3 is 5.32 Å². The Labute approximate surface area is 122 Å². The van der Waals surface area contributed by atoms with Crippen molar-refractivity contribution in [2.75, 3.05) is 0 Å². The second-order valence-corrected chi connectivity index (χ2v) is 4.87. The van der Waals surface area contributed by atoms with Crippen molar-refractivity contribution in [3.05, 3.63) is 59.8 Å². The van der Waals surface area contributed by atoms with E-state index in [1.54, 1.807) is 19.1 Å². The standard InChI is InChI=1S/C16H12N2OS/c1-11(20)18-10-15(9-17)16(19)14-7-6-12-4-2-3-5-13(12)8-14/h2-8,10H,1H3,(H,18,20)/b15-10+. The Morgan fingerprint density at radius 1 is 1.25 bits per heavy atom. The number of hydrogen-bond donors (Lipinski definition) is 1. The molecule has 0 bridgehead atoms. The van der Waals surface area contributed by atoms with Gasteiger partial charge in [-0.15, -0.1) is 0 Å². The van der Waals surface area contributed by atoms with Crippen molar-refractivity contribution >= 4 is 33.8 Å². The maximum atomic E-state index is 12.3. The van der Waals surface area contributed by atoms with Crippen molar-refractivity contribution in [1.29, 1.82) is 5.26 Å². The smallest absolute Gasteiger partial charge is 0.205 e. The molecule has 0 saturated carbocycles. The third-order valence-electron chi connectivity index (χ3n) is 2.80. The summed E-state index contributed by atoms with van der Waals surface area (Å²) in [6.07, 6.45) is 1.35. The van der Waals surface area contributed by atoms with E-state index in [2.05, 4.69) is 5.32 Å². The van der Waals surface area contributed by atoms with Crippen LogP contribution in [0.2, 0.25) is 0 Å². The van der Waals surface area contributed by atoms with Crippen LogP contribution in [0.4, 0.5) is 0 Å². The van der Waals surface area contributed by atoms with E-state index in [9.17, 15) is 4.79 Å². The molecule has 2 rings (SSSR count). The zero-order valence-electron chi connectivity index (χ0n) is 10.9. The monoisotopic (exact) mass is 280 g/mol. The second kappa shape index (κ2) is 6.09. The van der Waals surface area contributed by atoms with Crippen molar-refractivity contribution in [2.45, 2.75) is 6.92 Å². The van der Waals surface area contributed by atoms with Crippen LogP contribution >= 0.6 is 12.2 Å². The summed E-state index contributed by atoms with van der Waals surface area (Å²) in [7, 11) is 0. The quantitative estimate of drug-likeness (QED) is 0.405. The summed E-state index contributed by atoms with van der Waals surface area (Å²) in [5.41, 5.74) is 0.518. The van der Waals surface area contributed by atoms with Gasteiger partial charge in [-0.25, -0.2) is 0 Å². The number of Topliss-reactive ketones (excluding diaryl/α,β-unsaturated/α-hetero) is 1. The average Bonchev–Trinajstić information content (AvgIpc) is 2.47. The van der Waals surface area contributed by atoms with E-state index in [1.165, 1.54) is 6.20 Å². The first-order chi connectivity index (χ1) is 9.61. The molecule has 4 heteroatoms. The van der Waals surface area contributed by atoms with Crippen LogP contribution in [-0.2, 0) is 0 Å². The summed E-state index contributed by atoms with van der Waals surface area (Å²) >= 11 is 4.85. The van der Waals surface area contributed by atoms with E-state index in [0.717, 1.165) is 10.8 Å². The third kappa shape index (κ3) is 3.08. The van der Waals surface area contributed by atoms with Gasteiger partial charge in [0.1, 0.15) is 11.6 Å². The lowest BCUT2D eigenvalue weighted by Crippen LogP contribution is -2.13. The minimum Gasteiger partial charge on any atom is -0.355 e. The lowest BCUT2D eigenvalue weighted by Gasteiger charge is -2.03. The normalized spacial score (nSPS) is 10.9. The van der Waals surface area contributed by atoms with Crippen molar-refractivity contribution in [3.63, 3.8) is 0 Å². The largest absolute Gasteiger partial charge is 0.355 e. The maximum absolute atomic E-state index is 12.3. The fourth-order valence-electron chi connectivity index (χ4n) is 1.81. The van der Waals surface area contributed by atoms with Crippen LogP contribution < -0.4 is 5.32 Å². The Bertz CT molecular complexity index is 756. The number of benzene rings is 2. The molecule has 2 aromatic carbocycles. The van der Waals surface area contributed by atoms with Gasteiger partial charge in [-0.2, -0.15) is 5.26 Å². The van der Waals surface area contributed by atoms with Gasteiger partial charge in [0.25, 0.3) is 0 Å². The third-order valence-corrected chi connectivity index (χ3v) is 2.91. The van der Waals surface area contributed by atoms with E-state index in [-0.39, 0.29) is 11.4 Å². The minimum atomic E-state index is -0.318. The molecule has 0 heterocycles.